The number of carbonyl (C=O) groups is 3. The van der Waals surface area contributed by atoms with Gasteiger partial charge in [0.05, 0.1) is 0 Å². The van der Waals surface area contributed by atoms with Crippen LogP contribution < -0.4 is 0 Å². The molecule has 0 spiro atoms. The molecule has 0 aliphatic heterocycles. The maximum absolute atomic E-state index is 12.8. The lowest BCUT2D eigenvalue weighted by Crippen LogP contribution is -2.30. The zero-order chi connectivity index (χ0) is 46.5. The van der Waals surface area contributed by atoms with E-state index in [-0.39, 0.29) is 31.1 Å². The molecule has 0 unspecified atom stereocenters. The van der Waals surface area contributed by atoms with Crippen molar-refractivity contribution in [3.05, 3.63) is 24.3 Å². The lowest BCUT2D eigenvalue weighted by Gasteiger charge is -2.18. The molecule has 0 amide bonds. The van der Waals surface area contributed by atoms with E-state index in [0.717, 1.165) is 57.8 Å². The van der Waals surface area contributed by atoms with Crippen LogP contribution in [0.1, 0.15) is 310 Å². The van der Waals surface area contributed by atoms with Gasteiger partial charge in [0.1, 0.15) is 13.2 Å². The highest BCUT2D eigenvalue weighted by Crippen LogP contribution is 2.16. The second kappa shape index (κ2) is 53.5. The molecule has 0 aromatic rings. The average molecular weight is 901 g/mol. The van der Waals surface area contributed by atoms with Gasteiger partial charge in [0.15, 0.2) is 6.10 Å². The lowest BCUT2D eigenvalue weighted by molar-refractivity contribution is -0.167. The fraction of sp³-hybridized carbons (Fsp3) is 0.879. The van der Waals surface area contributed by atoms with Crippen LogP contribution in [-0.4, -0.2) is 37.2 Å². The summed E-state index contributed by atoms with van der Waals surface area (Å²) in [6.45, 7) is 6.65. The van der Waals surface area contributed by atoms with Crippen LogP contribution in [0.2, 0.25) is 0 Å². The minimum absolute atomic E-state index is 0.0699. The summed E-state index contributed by atoms with van der Waals surface area (Å²) < 4.78 is 16.9. The van der Waals surface area contributed by atoms with E-state index in [9.17, 15) is 14.4 Å². The summed E-state index contributed by atoms with van der Waals surface area (Å²) in [4.78, 5) is 38.1. The summed E-state index contributed by atoms with van der Waals surface area (Å²) >= 11 is 0. The molecule has 64 heavy (non-hydrogen) atoms. The molecule has 0 heterocycles. The third-order valence-electron chi connectivity index (χ3n) is 12.7. The van der Waals surface area contributed by atoms with Gasteiger partial charge in [0, 0.05) is 19.3 Å². The summed E-state index contributed by atoms with van der Waals surface area (Å²) in [6.07, 6.45) is 61.6. The number of unbranched alkanes of at least 4 members (excludes halogenated alkanes) is 37. The zero-order valence-corrected chi connectivity index (χ0v) is 43.1. The Morgan fingerprint density at radius 1 is 0.297 bits per heavy atom. The molecule has 376 valence electrons. The molecule has 0 saturated heterocycles. The lowest BCUT2D eigenvalue weighted by atomic mass is 10.0. The highest BCUT2D eigenvalue weighted by Gasteiger charge is 2.19. The van der Waals surface area contributed by atoms with Crippen LogP contribution in [-0.2, 0) is 28.6 Å². The van der Waals surface area contributed by atoms with Crippen LogP contribution in [0, 0.1) is 0 Å². The first-order valence-electron chi connectivity index (χ1n) is 28.3. The monoisotopic (exact) mass is 901 g/mol. The first kappa shape index (κ1) is 61.9. The van der Waals surface area contributed by atoms with Crippen molar-refractivity contribution in [2.75, 3.05) is 13.2 Å². The molecular weight excluding hydrogens is 793 g/mol. The summed E-state index contributed by atoms with van der Waals surface area (Å²) in [7, 11) is 0. The van der Waals surface area contributed by atoms with Crippen LogP contribution >= 0.6 is 0 Å². The Kier molecular flexibility index (Phi) is 51.7. The molecule has 0 bridgehead atoms. The van der Waals surface area contributed by atoms with E-state index < -0.39 is 6.10 Å². The quantitative estimate of drug-likeness (QED) is 0.0262. The van der Waals surface area contributed by atoms with Gasteiger partial charge in [-0.3, -0.25) is 14.4 Å². The van der Waals surface area contributed by atoms with E-state index in [0.29, 0.717) is 19.3 Å². The summed E-state index contributed by atoms with van der Waals surface area (Å²) in [5, 5.41) is 0. The van der Waals surface area contributed by atoms with E-state index in [2.05, 4.69) is 45.1 Å². The van der Waals surface area contributed by atoms with Crippen molar-refractivity contribution < 1.29 is 28.6 Å². The van der Waals surface area contributed by atoms with Crippen LogP contribution in [0.3, 0.4) is 0 Å². The van der Waals surface area contributed by atoms with Gasteiger partial charge < -0.3 is 14.2 Å². The number of esters is 3. The molecule has 1 atom stereocenters. The molecule has 0 aromatic carbocycles. The first-order valence-corrected chi connectivity index (χ1v) is 28.3. The maximum atomic E-state index is 12.8. The molecular formula is C58H108O6. The van der Waals surface area contributed by atoms with Gasteiger partial charge >= 0.3 is 17.9 Å². The van der Waals surface area contributed by atoms with Crippen molar-refractivity contribution in [3.63, 3.8) is 0 Å². The number of allylic oxidation sites excluding steroid dienone is 4. The number of ether oxygens (including phenoxy) is 3. The minimum Gasteiger partial charge on any atom is -0.462 e. The Hall–Kier alpha value is -2.11. The molecule has 6 nitrogen and oxygen atoms in total. The number of carbonyl (C=O) groups excluding carboxylic acids is 3. The van der Waals surface area contributed by atoms with Crippen molar-refractivity contribution in [2.45, 2.75) is 316 Å². The number of rotatable bonds is 52. The van der Waals surface area contributed by atoms with Crippen LogP contribution in [0.25, 0.3) is 0 Å². The van der Waals surface area contributed by atoms with Gasteiger partial charge in [0.2, 0.25) is 0 Å². The molecule has 0 fully saturated rings. The van der Waals surface area contributed by atoms with Crippen molar-refractivity contribution in [1.82, 2.24) is 0 Å². The Balaban J connectivity index is 4.34. The van der Waals surface area contributed by atoms with Gasteiger partial charge in [-0.25, -0.2) is 0 Å². The Morgan fingerprint density at radius 2 is 0.516 bits per heavy atom. The van der Waals surface area contributed by atoms with Gasteiger partial charge in [-0.15, -0.1) is 0 Å². The van der Waals surface area contributed by atoms with Gasteiger partial charge in [-0.1, -0.05) is 244 Å². The number of hydrogen-bond acceptors (Lipinski definition) is 6. The molecule has 0 aromatic heterocycles. The van der Waals surface area contributed by atoms with Crippen molar-refractivity contribution >= 4 is 17.9 Å². The van der Waals surface area contributed by atoms with Crippen LogP contribution in [0.5, 0.6) is 0 Å². The van der Waals surface area contributed by atoms with E-state index >= 15 is 0 Å². The fourth-order valence-electron chi connectivity index (χ4n) is 8.37. The SMILES string of the molecule is CCCCCC/C=C/CCCCCCCCCC(=O)OC[C@H](COC(=O)CCCCCCCCCCCCCCCCCC)OC(=O)CCCCCCCCC/C=C/CCCCCC. The molecule has 6 heteroatoms. The van der Waals surface area contributed by atoms with E-state index in [1.807, 2.05) is 0 Å². The van der Waals surface area contributed by atoms with Gasteiger partial charge in [-0.05, 0) is 70.6 Å². The van der Waals surface area contributed by atoms with Crippen molar-refractivity contribution in [2.24, 2.45) is 0 Å². The first-order chi connectivity index (χ1) is 31.5. The molecule has 0 rings (SSSR count). The Bertz CT molecular complexity index is 1040. The summed E-state index contributed by atoms with van der Waals surface area (Å²) in [5.74, 6) is -0.860. The third kappa shape index (κ3) is 50.9. The Morgan fingerprint density at radius 3 is 0.797 bits per heavy atom. The summed E-state index contributed by atoms with van der Waals surface area (Å²) in [5.41, 5.74) is 0. The fourth-order valence-corrected chi connectivity index (χ4v) is 8.37. The summed E-state index contributed by atoms with van der Waals surface area (Å²) in [6, 6.07) is 0. The van der Waals surface area contributed by atoms with Crippen molar-refractivity contribution in [1.29, 1.82) is 0 Å². The highest BCUT2D eigenvalue weighted by atomic mass is 16.6. The zero-order valence-electron chi connectivity index (χ0n) is 43.1. The smallest absolute Gasteiger partial charge is 0.306 e. The third-order valence-corrected chi connectivity index (χ3v) is 12.7. The largest absolute Gasteiger partial charge is 0.462 e. The minimum atomic E-state index is -0.771. The molecule has 0 N–H and O–H groups in total. The maximum Gasteiger partial charge on any atom is 0.306 e. The highest BCUT2D eigenvalue weighted by molar-refractivity contribution is 5.71. The van der Waals surface area contributed by atoms with Crippen LogP contribution in [0.15, 0.2) is 24.3 Å². The molecule has 0 aliphatic carbocycles. The average Bonchev–Trinajstić information content (AvgIpc) is 3.29. The standard InChI is InChI=1S/C58H108O6/c1-4-7-10-13-16-19-22-25-28-31-33-36-39-42-45-48-51-57(60)63-54-55(64-58(61)52-49-46-43-40-37-34-30-27-24-21-18-15-12-9-6-3)53-62-56(59)50-47-44-41-38-35-32-29-26-23-20-17-14-11-8-5-2/h20-21,23-24,55H,4-19,22,25-54H2,1-3H3/b23-20+,24-21+/t55-/m1/s1. The van der Waals surface area contributed by atoms with E-state index in [4.69, 9.17) is 14.2 Å². The van der Waals surface area contributed by atoms with Crippen molar-refractivity contribution in [3.8, 4) is 0 Å². The van der Waals surface area contributed by atoms with E-state index in [1.54, 1.807) is 0 Å². The second-order valence-electron chi connectivity index (χ2n) is 19.2. The molecule has 0 aliphatic rings. The molecule has 0 radical (unpaired) electrons. The number of hydrogen-bond donors (Lipinski definition) is 0. The van der Waals surface area contributed by atoms with Gasteiger partial charge in [0.25, 0.3) is 0 Å². The van der Waals surface area contributed by atoms with Gasteiger partial charge in [-0.2, -0.15) is 0 Å². The predicted octanol–water partition coefficient (Wildman–Crippen LogP) is 18.7. The van der Waals surface area contributed by atoms with E-state index in [1.165, 1.54) is 212 Å². The predicted molar refractivity (Wildman–Crippen MR) is 275 cm³/mol. The topological polar surface area (TPSA) is 78.9 Å². The second-order valence-corrected chi connectivity index (χ2v) is 19.2. The normalized spacial score (nSPS) is 12.1. The van der Waals surface area contributed by atoms with Crippen LogP contribution in [0.4, 0.5) is 0 Å². The molecule has 0 saturated carbocycles. The Labute approximate surface area is 398 Å².